The number of thiophene rings is 1. The molecule has 2 nitrogen and oxygen atoms in total. The Balaban J connectivity index is 2.85. The van der Waals surface area contributed by atoms with Crippen LogP contribution in [0.15, 0.2) is 5.38 Å². The molecule has 0 saturated carbocycles. The Hall–Kier alpha value is -0.960. The van der Waals surface area contributed by atoms with Crippen molar-refractivity contribution >= 4 is 21.4 Å². The fourth-order valence-electron chi connectivity index (χ4n) is 2.12. The molecule has 98 valence electrons. The van der Waals surface area contributed by atoms with E-state index < -0.39 is 0 Å². The first kappa shape index (κ1) is 13.5. The van der Waals surface area contributed by atoms with E-state index in [2.05, 4.69) is 64.0 Å². The van der Waals surface area contributed by atoms with Crippen molar-refractivity contribution in [2.75, 3.05) is 0 Å². The first-order chi connectivity index (χ1) is 8.12. The maximum atomic E-state index is 4.53. The van der Waals surface area contributed by atoms with Crippen LogP contribution in [0.2, 0.25) is 0 Å². The number of rotatable bonds is 0. The lowest BCUT2D eigenvalue weighted by Crippen LogP contribution is -2.20. The van der Waals surface area contributed by atoms with Crippen LogP contribution in [0.3, 0.4) is 0 Å². The lowest BCUT2D eigenvalue weighted by atomic mass is 9.86. The first-order valence-corrected chi connectivity index (χ1v) is 7.26. The normalized spacial score (nSPS) is 13.3. The standard InChI is InChI=1S/C15H22N2S/c1-9-8-18-11-10(9)12(14(2,3)4)16-17-13(11)15(5,6)7/h8H,1-7H3. The minimum Gasteiger partial charge on any atom is -0.154 e. The van der Waals surface area contributed by atoms with Gasteiger partial charge >= 0.3 is 0 Å². The van der Waals surface area contributed by atoms with Crippen LogP contribution in [0.4, 0.5) is 0 Å². The van der Waals surface area contributed by atoms with Crippen LogP contribution in [0.1, 0.15) is 58.5 Å². The molecule has 0 unspecified atom stereocenters. The van der Waals surface area contributed by atoms with Crippen LogP contribution in [-0.4, -0.2) is 10.2 Å². The Morgan fingerprint density at radius 2 is 1.39 bits per heavy atom. The predicted octanol–water partition coefficient (Wildman–Crippen LogP) is 4.59. The Kier molecular flexibility index (Phi) is 3.01. The lowest BCUT2D eigenvalue weighted by Gasteiger charge is -2.23. The van der Waals surface area contributed by atoms with Crippen LogP contribution in [-0.2, 0) is 10.8 Å². The second-order valence-electron chi connectivity index (χ2n) is 7.02. The van der Waals surface area contributed by atoms with Gasteiger partial charge in [-0.1, -0.05) is 41.5 Å². The largest absolute Gasteiger partial charge is 0.154 e. The average molecular weight is 262 g/mol. The molecule has 0 aliphatic rings. The smallest absolute Gasteiger partial charge is 0.0862 e. The number of hydrogen-bond donors (Lipinski definition) is 0. The van der Waals surface area contributed by atoms with Gasteiger partial charge in [-0.3, -0.25) is 0 Å². The molecule has 0 fully saturated rings. The van der Waals surface area contributed by atoms with Crippen molar-refractivity contribution in [1.82, 2.24) is 10.2 Å². The molecule has 0 aliphatic carbocycles. The van der Waals surface area contributed by atoms with Crippen LogP contribution in [0.5, 0.6) is 0 Å². The summed E-state index contributed by atoms with van der Waals surface area (Å²) in [5.74, 6) is 0. The SMILES string of the molecule is Cc1csc2c(C(C)(C)C)nnc(C(C)(C)C)c12. The summed E-state index contributed by atoms with van der Waals surface area (Å²) < 4.78 is 1.31. The predicted molar refractivity (Wildman–Crippen MR) is 79.6 cm³/mol. The molecular formula is C15H22N2S. The summed E-state index contributed by atoms with van der Waals surface area (Å²) in [5.41, 5.74) is 3.63. The van der Waals surface area contributed by atoms with Gasteiger partial charge in [0.2, 0.25) is 0 Å². The highest BCUT2D eigenvalue weighted by molar-refractivity contribution is 7.17. The quantitative estimate of drug-likeness (QED) is 0.693. The van der Waals surface area contributed by atoms with Crippen LogP contribution < -0.4 is 0 Å². The van der Waals surface area contributed by atoms with Crippen molar-refractivity contribution in [2.45, 2.75) is 59.3 Å². The zero-order chi connectivity index (χ0) is 13.7. The van der Waals surface area contributed by atoms with Crippen molar-refractivity contribution < 1.29 is 0 Å². The number of nitrogens with zero attached hydrogens (tertiary/aromatic N) is 2. The summed E-state index contributed by atoms with van der Waals surface area (Å²) in [7, 11) is 0. The number of fused-ring (bicyclic) bond motifs is 1. The molecule has 0 N–H and O–H groups in total. The number of aryl methyl sites for hydroxylation is 1. The van der Waals surface area contributed by atoms with Gasteiger partial charge in [-0.15, -0.1) is 11.3 Å². The van der Waals surface area contributed by atoms with E-state index in [0.29, 0.717) is 0 Å². The molecule has 0 atom stereocenters. The fraction of sp³-hybridized carbons (Fsp3) is 0.600. The van der Waals surface area contributed by atoms with E-state index >= 15 is 0 Å². The van der Waals surface area contributed by atoms with Gasteiger partial charge in [0.05, 0.1) is 16.1 Å². The topological polar surface area (TPSA) is 25.8 Å². The van der Waals surface area contributed by atoms with Crippen molar-refractivity contribution in [3.63, 3.8) is 0 Å². The molecule has 0 radical (unpaired) electrons. The first-order valence-electron chi connectivity index (χ1n) is 6.38. The highest BCUT2D eigenvalue weighted by Crippen LogP contribution is 2.38. The molecule has 2 aromatic rings. The number of hydrogen-bond acceptors (Lipinski definition) is 3. The third-order valence-corrected chi connectivity index (χ3v) is 4.20. The minimum atomic E-state index is 0.0352. The lowest BCUT2D eigenvalue weighted by molar-refractivity contribution is 0.538. The maximum Gasteiger partial charge on any atom is 0.0862 e. The molecule has 18 heavy (non-hydrogen) atoms. The molecule has 0 bridgehead atoms. The molecule has 2 aromatic heterocycles. The summed E-state index contributed by atoms with van der Waals surface area (Å²) in [6.45, 7) is 15.4. The van der Waals surface area contributed by atoms with Crippen molar-refractivity contribution in [2.24, 2.45) is 0 Å². The van der Waals surface area contributed by atoms with Gasteiger partial charge in [-0.2, -0.15) is 10.2 Å². The molecule has 2 rings (SSSR count). The van der Waals surface area contributed by atoms with E-state index in [1.807, 2.05) is 0 Å². The Morgan fingerprint density at radius 3 is 1.89 bits per heavy atom. The maximum absolute atomic E-state index is 4.53. The molecular weight excluding hydrogens is 240 g/mol. The zero-order valence-corrected chi connectivity index (χ0v) is 13.2. The summed E-state index contributed by atoms with van der Waals surface area (Å²) in [5, 5.41) is 12.6. The molecule has 0 aromatic carbocycles. The van der Waals surface area contributed by atoms with Gasteiger partial charge in [-0.05, 0) is 17.9 Å². The van der Waals surface area contributed by atoms with Gasteiger partial charge in [0.25, 0.3) is 0 Å². The summed E-state index contributed by atoms with van der Waals surface area (Å²) in [6.07, 6.45) is 0. The molecule has 3 heteroatoms. The summed E-state index contributed by atoms with van der Waals surface area (Å²) >= 11 is 1.80. The van der Waals surface area contributed by atoms with Gasteiger partial charge in [-0.25, -0.2) is 0 Å². The van der Waals surface area contributed by atoms with Crippen LogP contribution in [0, 0.1) is 6.92 Å². The average Bonchev–Trinajstić information content (AvgIpc) is 2.57. The van der Waals surface area contributed by atoms with Crippen LogP contribution in [0.25, 0.3) is 10.1 Å². The van der Waals surface area contributed by atoms with Crippen molar-refractivity contribution in [3.8, 4) is 0 Å². The van der Waals surface area contributed by atoms with Gasteiger partial charge in [0.1, 0.15) is 0 Å². The van der Waals surface area contributed by atoms with Gasteiger partial charge in [0.15, 0.2) is 0 Å². The molecule has 0 saturated heterocycles. The highest BCUT2D eigenvalue weighted by atomic mass is 32.1. The van der Waals surface area contributed by atoms with E-state index in [9.17, 15) is 0 Å². The third kappa shape index (κ3) is 2.16. The van der Waals surface area contributed by atoms with Crippen molar-refractivity contribution in [1.29, 1.82) is 0 Å². The van der Waals surface area contributed by atoms with E-state index in [4.69, 9.17) is 0 Å². The van der Waals surface area contributed by atoms with Crippen molar-refractivity contribution in [3.05, 3.63) is 22.3 Å². The second-order valence-corrected chi connectivity index (χ2v) is 7.90. The summed E-state index contributed by atoms with van der Waals surface area (Å²) in [6, 6.07) is 0. The van der Waals surface area contributed by atoms with Gasteiger partial charge < -0.3 is 0 Å². The Labute approximate surface area is 113 Å². The molecule has 0 amide bonds. The zero-order valence-electron chi connectivity index (χ0n) is 12.4. The number of aromatic nitrogens is 2. The fourth-order valence-corrected chi connectivity index (χ4v) is 3.37. The summed E-state index contributed by atoms with van der Waals surface area (Å²) in [4.78, 5) is 0. The second kappa shape index (κ2) is 4.02. The van der Waals surface area contributed by atoms with E-state index in [1.165, 1.54) is 15.6 Å². The van der Waals surface area contributed by atoms with E-state index in [-0.39, 0.29) is 10.8 Å². The molecule has 0 spiro atoms. The van der Waals surface area contributed by atoms with Crippen LogP contribution >= 0.6 is 11.3 Å². The minimum absolute atomic E-state index is 0.0352. The highest BCUT2D eigenvalue weighted by Gasteiger charge is 2.27. The molecule has 0 aliphatic heterocycles. The van der Waals surface area contributed by atoms with E-state index in [1.54, 1.807) is 11.3 Å². The third-order valence-electron chi connectivity index (χ3n) is 3.10. The Bertz CT molecular complexity index is 583. The van der Waals surface area contributed by atoms with E-state index in [0.717, 1.165) is 11.4 Å². The molecule has 2 heterocycles. The Morgan fingerprint density at radius 1 is 0.889 bits per heavy atom. The monoisotopic (exact) mass is 262 g/mol. The van der Waals surface area contributed by atoms with Gasteiger partial charge in [0, 0.05) is 16.2 Å².